The SMILES string of the molecule is CC1CCCN(C(=O)COC(=O)c2cc(-c3ccccc3Cl)nc3ccccc23)C1. The molecule has 1 atom stereocenters. The highest BCUT2D eigenvalue weighted by Crippen LogP contribution is 2.30. The summed E-state index contributed by atoms with van der Waals surface area (Å²) in [6.45, 7) is 3.30. The molecular formula is C24H23ClN2O3. The Labute approximate surface area is 180 Å². The summed E-state index contributed by atoms with van der Waals surface area (Å²) in [5.74, 6) is -0.222. The van der Waals surface area contributed by atoms with E-state index >= 15 is 0 Å². The van der Waals surface area contributed by atoms with E-state index in [0.717, 1.165) is 24.9 Å². The lowest BCUT2D eigenvalue weighted by Crippen LogP contribution is -2.41. The molecule has 3 aromatic rings. The van der Waals surface area contributed by atoms with E-state index < -0.39 is 5.97 Å². The van der Waals surface area contributed by atoms with Crippen LogP contribution in [0, 0.1) is 5.92 Å². The molecule has 6 heteroatoms. The van der Waals surface area contributed by atoms with Crippen LogP contribution in [-0.2, 0) is 9.53 Å². The third-order valence-corrected chi connectivity index (χ3v) is 5.75. The molecule has 4 rings (SSSR count). The van der Waals surface area contributed by atoms with Crippen molar-refractivity contribution in [3.63, 3.8) is 0 Å². The predicted molar refractivity (Wildman–Crippen MR) is 117 cm³/mol. The number of nitrogens with zero attached hydrogens (tertiary/aromatic N) is 2. The topological polar surface area (TPSA) is 59.5 Å². The van der Waals surface area contributed by atoms with Gasteiger partial charge in [0, 0.05) is 29.1 Å². The molecule has 0 N–H and O–H groups in total. The van der Waals surface area contributed by atoms with Gasteiger partial charge in [0.2, 0.25) is 0 Å². The summed E-state index contributed by atoms with van der Waals surface area (Å²) in [6.07, 6.45) is 2.11. The van der Waals surface area contributed by atoms with Crippen molar-refractivity contribution < 1.29 is 14.3 Å². The number of hydrogen-bond donors (Lipinski definition) is 0. The molecule has 30 heavy (non-hydrogen) atoms. The number of pyridine rings is 1. The molecule has 154 valence electrons. The molecule has 1 unspecified atom stereocenters. The summed E-state index contributed by atoms with van der Waals surface area (Å²) in [5, 5.41) is 1.23. The van der Waals surface area contributed by atoms with Crippen LogP contribution in [0.15, 0.2) is 54.6 Å². The number of rotatable bonds is 4. The second kappa shape index (κ2) is 8.84. The lowest BCUT2D eigenvalue weighted by atomic mass is 10.0. The lowest BCUT2D eigenvalue weighted by molar-refractivity contribution is -0.136. The van der Waals surface area contributed by atoms with Crippen molar-refractivity contribution in [2.45, 2.75) is 19.8 Å². The van der Waals surface area contributed by atoms with Crippen molar-refractivity contribution >= 4 is 34.4 Å². The molecule has 1 aliphatic rings. The molecule has 0 spiro atoms. The molecule has 1 fully saturated rings. The summed E-state index contributed by atoms with van der Waals surface area (Å²) in [6, 6.07) is 16.4. The molecule has 1 saturated heterocycles. The maximum absolute atomic E-state index is 12.9. The standard InChI is InChI=1S/C24H23ClN2O3/c1-16-7-6-12-27(14-16)23(28)15-30-24(29)19-13-22(18-9-2-4-10-20(18)25)26-21-11-5-3-8-17(19)21/h2-5,8-11,13,16H,6-7,12,14-15H2,1H3. The van der Waals surface area contributed by atoms with Gasteiger partial charge in [-0.2, -0.15) is 0 Å². The van der Waals surface area contributed by atoms with Crippen molar-refractivity contribution in [1.82, 2.24) is 9.88 Å². The summed E-state index contributed by atoms with van der Waals surface area (Å²) < 4.78 is 5.42. The summed E-state index contributed by atoms with van der Waals surface area (Å²) >= 11 is 6.34. The lowest BCUT2D eigenvalue weighted by Gasteiger charge is -2.30. The number of carbonyl (C=O) groups excluding carboxylic acids is 2. The quantitative estimate of drug-likeness (QED) is 0.557. The fraction of sp³-hybridized carbons (Fsp3) is 0.292. The maximum Gasteiger partial charge on any atom is 0.339 e. The smallest absolute Gasteiger partial charge is 0.339 e. The van der Waals surface area contributed by atoms with Gasteiger partial charge in [0.25, 0.3) is 5.91 Å². The molecule has 1 aliphatic heterocycles. The van der Waals surface area contributed by atoms with E-state index in [1.54, 1.807) is 17.0 Å². The third kappa shape index (κ3) is 4.31. The minimum Gasteiger partial charge on any atom is -0.452 e. The van der Waals surface area contributed by atoms with Crippen LogP contribution in [0.2, 0.25) is 5.02 Å². The molecular weight excluding hydrogens is 400 g/mol. The van der Waals surface area contributed by atoms with E-state index in [9.17, 15) is 9.59 Å². The van der Waals surface area contributed by atoms with E-state index in [1.807, 2.05) is 42.5 Å². The third-order valence-electron chi connectivity index (χ3n) is 5.42. The van der Waals surface area contributed by atoms with Crippen molar-refractivity contribution in [1.29, 1.82) is 0 Å². The Bertz CT molecular complexity index is 1100. The fourth-order valence-corrected chi connectivity index (χ4v) is 4.10. The van der Waals surface area contributed by atoms with E-state index in [-0.39, 0.29) is 12.5 Å². The van der Waals surface area contributed by atoms with Crippen LogP contribution in [0.5, 0.6) is 0 Å². The number of halogens is 1. The van der Waals surface area contributed by atoms with Gasteiger partial charge in [0.05, 0.1) is 16.8 Å². The Hall–Kier alpha value is -2.92. The van der Waals surface area contributed by atoms with Crippen molar-refractivity contribution in [2.24, 2.45) is 5.92 Å². The Morgan fingerprint density at radius 3 is 2.73 bits per heavy atom. The summed E-state index contributed by atoms with van der Waals surface area (Å²) in [4.78, 5) is 31.9. The van der Waals surface area contributed by atoms with Crippen molar-refractivity contribution in [2.75, 3.05) is 19.7 Å². The van der Waals surface area contributed by atoms with Crippen LogP contribution in [0.1, 0.15) is 30.1 Å². The summed E-state index contributed by atoms with van der Waals surface area (Å²) in [5.41, 5.74) is 2.35. The van der Waals surface area contributed by atoms with E-state index in [0.29, 0.717) is 39.6 Å². The van der Waals surface area contributed by atoms with Crippen molar-refractivity contribution in [3.8, 4) is 11.3 Å². The number of piperidine rings is 1. The van der Waals surface area contributed by atoms with Crippen LogP contribution >= 0.6 is 11.6 Å². The highest BCUT2D eigenvalue weighted by molar-refractivity contribution is 6.33. The number of ether oxygens (including phenoxy) is 1. The van der Waals surface area contributed by atoms with E-state index in [2.05, 4.69) is 11.9 Å². The maximum atomic E-state index is 12.9. The first-order chi connectivity index (χ1) is 14.5. The fourth-order valence-electron chi connectivity index (χ4n) is 3.86. The van der Waals surface area contributed by atoms with Gasteiger partial charge in [0.15, 0.2) is 6.61 Å². The van der Waals surface area contributed by atoms with Crippen LogP contribution in [0.4, 0.5) is 0 Å². The number of likely N-dealkylation sites (tertiary alicyclic amines) is 1. The molecule has 0 aliphatic carbocycles. The average molecular weight is 423 g/mol. The first kappa shape index (κ1) is 20.4. The van der Waals surface area contributed by atoms with Crippen LogP contribution in [0.25, 0.3) is 22.2 Å². The number of carbonyl (C=O) groups is 2. The zero-order valence-corrected chi connectivity index (χ0v) is 17.6. The Balaban J connectivity index is 1.60. The van der Waals surface area contributed by atoms with Gasteiger partial charge < -0.3 is 9.64 Å². The highest BCUT2D eigenvalue weighted by atomic mass is 35.5. The number of para-hydroxylation sites is 1. The number of fused-ring (bicyclic) bond motifs is 1. The Morgan fingerprint density at radius 1 is 1.17 bits per heavy atom. The second-order valence-electron chi connectivity index (χ2n) is 7.72. The summed E-state index contributed by atoms with van der Waals surface area (Å²) in [7, 11) is 0. The van der Waals surface area contributed by atoms with Gasteiger partial charge in [-0.25, -0.2) is 9.78 Å². The van der Waals surface area contributed by atoms with Crippen LogP contribution < -0.4 is 0 Å². The monoisotopic (exact) mass is 422 g/mol. The predicted octanol–water partition coefficient (Wildman–Crippen LogP) is 4.97. The zero-order chi connectivity index (χ0) is 21.1. The van der Waals surface area contributed by atoms with E-state index in [4.69, 9.17) is 16.3 Å². The molecule has 0 bridgehead atoms. The van der Waals surface area contributed by atoms with Gasteiger partial charge in [-0.15, -0.1) is 0 Å². The molecule has 1 aromatic heterocycles. The van der Waals surface area contributed by atoms with Gasteiger partial charge in [0.1, 0.15) is 0 Å². The Kier molecular flexibility index (Phi) is 6.00. The molecule has 0 saturated carbocycles. The normalized spacial score (nSPS) is 16.5. The van der Waals surface area contributed by atoms with Crippen LogP contribution in [0.3, 0.4) is 0 Å². The first-order valence-electron chi connectivity index (χ1n) is 10.1. The highest BCUT2D eigenvalue weighted by Gasteiger charge is 2.23. The molecule has 5 nitrogen and oxygen atoms in total. The molecule has 1 amide bonds. The van der Waals surface area contributed by atoms with Crippen LogP contribution in [-0.4, -0.2) is 41.5 Å². The Morgan fingerprint density at radius 2 is 1.93 bits per heavy atom. The number of aromatic nitrogens is 1. The van der Waals surface area contributed by atoms with Gasteiger partial charge in [-0.05, 0) is 37.0 Å². The minimum atomic E-state index is -0.541. The van der Waals surface area contributed by atoms with Crippen molar-refractivity contribution in [3.05, 3.63) is 65.2 Å². The van der Waals surface area contributed by atoms with E-state index in [1.165, 1.54) is 0 Å². The molecule has 0 radical (unpaired) electrons. The first-order valence-corrected chi connectivity index (χ1v) is 10.5. The van der Waals surface area contributed by atoms with Gasteiger partial charge in [-0.3, -0.25) is 4.79 Å². The second-order valence-corrected chi connectivity index (χ2v) is 8.12. The molecule has 2 heterocycles. The number of amides is 1. The average Bonchev–Trinajstić information content (AvgIpc) is 2.76. The van der Waals surface area contributed by atoms with Gasteiger partial charge in [-0.1, -0.05) is 54.9 Å². The largest absolute Gasteiger partial charge is 0.452 e. The number of benzene rings is 2. The zero-order valence-electron chi connectivity index (χ0n) is 16.8. The number of hydrogen-bond acceptors (Lipinski definition) is 4. The molecule has 2 aromatic carbocycles. The number of esters is 1. The van der Waals surface area contributed by atoms with Gasteiger partial charge >= 0.3 is 5.97 Å². The minimum absolute atomic E-state index is 0.153.